The molecule has 0 saturated heterocycles. The summed E-state index contributed by atoms with van der Waals surface area (Å²) in [6, 6.07) is 9.29. The molecule has 0 aliphatic heterocycles. The fraction of sp³-hybridized carbons (Fsp3) is 0.308. The van der Waals surface area contributed by atoms with Crippen molar-refractivity contribution in [2.45, 2.75) is 18.6 Å². The number of nitrogens with zero attached hydrogens (tertiary/aromatic N) is 1. The van der Waals surface area contributed by atoms with Gasteiger partial charge in [0.25, 0.3) is 0 Å². The van der Waals surface area contributed by atoms with Gasteiger partial charge in [0.05, 0.1) is 11.6 Å². The number of pyridine rings is 1. The first-order valence-electron chi connectivity index (χ1n) is 5.60. The Morgan fingerprint density at radius 2 is 2.00 bits per heavy atom. The highest BCUT2D eigenvalue weighted by Gasteiger charge is 2.21. The van der Waals surface area contributed by atoms with Crippen LogP contribution < -0.4 is 0 Å². The van der Waals surface area contributed by atoms with Gasteiger partial charge in [0.1, 0.15) is 11.3 Å². The minimum atomic E-state index is -1.02. The standard InChI is InChI=1S/C13H13BrClNO2/c14-6-5-11(17)12(18)9-7-8-3-1-2-4-10(8)16-13(9)15/h1-4,7,11-12,17-18H,5-6H2. The quantitative estimate of drug-likeness (QED) is 0.669. The van der Waals surface area contributed by atoms with Gasteiger partial charge in [-0.3, -0.25) is 0 Å². The van der Waals surface area contributed by atoms with Crippen molar-refractivity contribution < 1.29 is 10.2 Å². The number of halogens is 2. The molecule has 0 spiro atoms. The Bertz CT molecular complexity index is 550. The van der Waals surface area contributed by atoms with Gasteiger partial charge in [0.2, 0.25) is 0 Å². The molecule has 1 aromatic heterocycles. The highest BCUT2D eigenvalue weighted by molar-refractivity contribution is 9.09. The summed E-state index contributed by atoms with van der Waals surface area (Å²) in [5.41, 5.74) is 1.23. The second-order valence-electron chi connectivity index (χ2n) is 4.05. The normalized spacial score (nSPS) is 14.7. The molecule has 0 radical (unpaired) electrons. The van der Waals surface area contributed by atoms with Crippen LogP contribution in [0.3, 0.4) is 0 Å². The number of aliphatic hydroxyl groups excluding tert-OH is 2. The molecule has 2 atom stereocenters. The van der Waals surface area contributed by atoms with Gasteiger partial charge in [0.15, 0.2) is 0 Å². The summed E-state index contributed by atoms with van der Waals surface area (Å²) in [7, 11) is 0. The molecule has 0 fully saturated rings. The Morgan fingerprint density at radius 3 is 2.72 bits per heavy atom. The minimum absolute atomic E-state index is 0.231. The molecule has 2 N–H and O–H groups in total. The van der Waals surface area contributed by atoms with E-state index in [0.717, 1.165) is 10.9 Å². The van der Waals surface area contributed by atoms with Crippen molar-refractivity contribution in [3.8, 4) is 0 Å². The molecule has 1 aromatic carbocycles. The molecule has 0 aliphatic carbocycles. The summed E-state index contributed by atoms with van der Waals surface area (Å²) in [6.07, 6.45) is -1.43. The smallest absolute Gasteiger partial charge is 0.135 e. The second-order valence-corrected chi connectivity index (χ2v) is 5.20. The number of alkyl halides is 1. The van der Waals surface area contributed by atoms with Crippen LogP contribution in [0.25, 0.3) is 10.9 Å². The fourth-order valence-corrected chi connectivity index (χ4v) is 2.52. The molecule has 0 amide bonds. The van der Waals surface area contributed by atoms with Gasteiger partial charge in [-0.05, 0) is 18.6 Å². The van der Waals surface area contributed by atoms with Gasteiger partial charge >= 0.3 is 0 Å². The zero-order valence-corrected chi connectivity index (χ0v) is 11.9. The molecular formula is C13H13BrClNO2. The maximum absolute atomic E-state index is 10.1. The molecule has 2 aromatic rings. The van der Waals surface area contributed by atoms with Crippen LogP contribution in [0.15, 0.2) is 30.3 Å². The topological polar surface area (TPSA) is 53.4 Å². The SMILES string of the molecule is OC(CCBr)C(O)c1cc2ccccc2nc1Cl. The molecule has 18 heavy (non-hydrogen) atoms. The highest BCUT2D eigenvalue weighted by atomic mass is 79.9. The lowest BCUT2D eigenvalue weighted by Gasteiger charge is -2.18. The first kappa shape index (κ1) is 13.7. The lowest BCUT2D eigenvalue weighted by molar-refractivity contribution is 0.0173. The van der Waals surface area contributed by atoms with E-state index in [1.807, 2.05) is 24.3 Å². The maximum atomic E-state index is 10.1. The number of hydrogen-bond acceptors (Lipinski definition) is 3. The van der Waals surface area contributed by atoms with Gasteiger partial charge in [-0.1, -0.05) is 45.7 Å². The monoisotopic (exact) mass is 329 g/mol. The maximum Gasteiger partial charge on any atom is 0.135 e. The van der Waals surface area contributed by atoms with Crippen LogP contribution in [-0.2, 0) is 0 Å². The van der Waals surface area contributed by atoms with Gasteiger partial charge in [-0.25, -0.2) is 4.98 Å². The van der Waals surface area contributed by atoms with Crippen LogP contribution in [0, 0.1) is 0 Å². The van der Waals surface area contributed by atoms with Crippen LogP contribution in [0.4, 0.5) is 0 Å². The number of aromatic nitrogens is 1. The number of hydrogen-bond donors (Lipinski definition) is 2. The lowest BCUT2D eigenvalue weighted by atomic mass is 10.0. The van der Waals surface area contributed by atoms with Crippen molar-refractivity contribution in [2.24, 2.45) is 0 Å². The molecule has 0 aliphatic rings. The third-order valence-corrected chi connectivity index (χ3v) is 3.55. The highest BCUT2D eigenvalue weighted by Crippen LogP contribution is 2.28. The number of benzene rings is 1. The first-order valence-corrected chi connectivity index (χ1v) is 7.10. The first-order chi connectivity index (χ1) is 8.63. The van der Waals surface area contributed by atoms with Crippen molar-refractivity contribution in [1.82, 2.24) is 4.98 Å². The van der Waals surface area contributed by atoms with Crippen molar-refractivity contribution in [2.75, 3.05) is 5.33 Å². The number of fused-ring (bicyclic) bond motifs is 1. The van der Waals surface area contributed by atoms with Crippen molar-refractivity contribution >= 4 is 38.4 Å². The van der Waals surface area contributed by atoms with E-state index in [4.69, 9.17) is 11.6 Å². The van der Waals surface area contributed by atoms with E-state index in [1.165, 1.54) is 0 Å². The Kier molecular flexibility index (Phi) is 4.56. The average molecular weight is 331 g/mol. The number of rotatable bonds is 4. The van der Waals surface area contributed by atoms with E-state index >= 15 is 0 Å². The minimum Gasteiger partial charge on any atom is -0.390 e. The molecule has 2 unspecified atom stereocenters. The molecule has 1 heterocycles. The van der Waals surface area contributed by atoms with E-state index in [-0.39, 0.29) is 5.15 Å². The lowest BCUT2D eigenvalue weighted by Crippen LogP contribution is -2.19. The Morgan fingerprint density at radius 1 is 1.28 bits per heavy atom. The summed E-state index contributed by atoms with van der Waals surface area (Å²) in [5, 5.41) is 21.6. The summed E-state index contributed by atoms with van der Waals surface area (Å²) >= 11 is 9.28. The fourth-order valence-electron chi connectivity index (χ4n) is 1.79. The van der Waals surface area contributed by atoms with Crippen LogP contribution >= 0.6 is 27.5 Å². The summed E-state index contributed by atoms with van der Waals surface area (Å²) in [4.78, 5) is 4.22. The molecule has 2 rings (SSSR count). The predicted molar refractivity (Wildman–Crippen MR) is 76.1 cm³/mol. The molecule has 5 heteroatoms. The van der Waals surface area contributed by atoms with Crippen molar-refractivity contribution in [3.63, 3.8) is 0 Å². The van der Waals surface area contributed by atoms with E-state index < -0.39 is 12.2 Å². The molecule has 3 nitrogen and oxygen atoms in total. The van der Waals surface area contributed by atoms with Crippen LogP contribution in [-0.4, -0.2) is 26.6 Å². The average Bonchev–Trinajstić information content (AvgIpc) is 2.37. The third-order valence-electron chi connectivity index (χ3n) is 2.79. The van der Waals surface area contributed by atoms with E-state index in [9.17, 15) is 10.2 Å². The third kappa shape index (κ3) is 2.83. The van der Waals surface area contributed by atoms with Crippen LogP contribution in [0.2, 0.25) is 5.15 Å². The summed E-state index contributed by atoms with van der Waals surface area (Å²) in [6.45, 7) is 0. The zero-order chi connectivity index (χ0) is 13.1. The van der Waals surface area contributed by atoms with Crippen molar-refractivity contribution in [3.05, 3.63) is 41.0 Å². The van der Waals surface area contributed by atoms with E-state index in [2.05, 4.69) is 20.9 Å². The van der Waals surface area contributed by atoms with Crippen LogP contribution in [0.1, 0.15) is 18.1 Å². The van der Waals surface area contributed by atoms with Gasteiger partial charge < -0.3 is 10.2 Å². The number of para-hydroxylation sites is 1. The molecule has 0 bridgehead atoms. The Hall–Kier alpha value is -0.680. The van der Waals surface area contributed by atoms with E-state index in [0.29, 0.717) is 17.3 Å². The zero-order valence-electron chi connectivity index (χ0n) is 9.55. The Balaban J connectivity index is 2.41. The largest absolute Gasteiger partial charge is 0.390 e. The van der Waals surface area contributed by atoms with Gasteiger partial charge in [-0.2, -0.15) is 0 Å². The summed E-state index contributed by atoms with van der Waals surface area (Å²) in [5.74, 6) is 0. The van der Waals surface area contributed by atoms with Crippen molar-refractivity contribution in [1.29, 1.82) is 0 Å². The predicted octanol–water partition coefficient (Wildman–Crippen LogP) is 3.07. The second kappa shape index (κ2) is 5.97. The summed E-state index contributed by atoms with van der Waals surface area (Å²) < 4.78 is 0. The molecule has 0 saturated carbocycles. The Labute approximate surface area is 119 Å². The van der Waals surface area contributed by atoms with Gasteiger partial charge in [-0.15, -0.1) is 0 Å². The molecular weight excluding hydrogens is 318 g/mol. The van der Waals surface area contributed by atoms with Gasteiger partial charge in [0, 0.05) is 16.3 Å². The van der Waals surface area contributed by atoms with E-state index in [1.54, 1.807) is 6.07 Å². The number of aliphatic hydroxyl groups is 2. The van der Waals surface area contributed by atoms with Crippen LogP contribution in [0.5, 0.6) is 0 Å². The molecule has 96 valence electrons.